The van der Waals surface area contributed by atoms with E-state index in [2.05, 4.69) is 5.32 Å². The number of nitro groups is 1. The fourth-order valence-electron chi connectivity index (χ4n) is 1.34. The molecule has 5 nitrogen and oxygen atoms in total. The third kappa shape index (κ3) is 3.13. The first-order valence-electron chi connectivity index (χ1n) is 5.19. The lowest BCUT2D eigenvalue weighted by Gasteiger charge is -2.25. The summed E-state index contributed by atoms with van der Waals surface area (Å²) in [5, 5.41) is 13.8. The minimum absolute atomic E-state index is 0.282. The minimum atomic E-state index is -0.614. The molecule has 0 saturated heterocycles. The molecule has 0 aromatic heterocycles. The molecular weight excluding hydrogens is 225 g/mol. The van der Waals surface area contributed by atoms with Crippen molar-refractivity contribution in [2.24, 2.45) is 5.73 Å². The van der Waals surface area contributed by atoms with Gasteiger partial charge in [-0.25, -0.2) is 4.39 Å². The van der Waals surface area contributed by atoms with Gasteiger partial charge in [-0.05, 0) is 32.4 Å². The highest BCUT2D eigenvalue weighted by Gasteiger charge is 2.22. The monoisotopic (exact) mass is 241 g/mol. The summed E-state index contributed by atoms with van der Waals surface area (Å²) >= 11 is 0. The number of nitrogens with one attached hydrogen (secondary N) is 1. The number of benzene rings is 1. The quantitative estimate of drug-likeness (QED) is 0.625. The van der Waals surface area contributed by atoms with Gasteiger partial charge in [0, 0.05) is 12.1 Å². The van der Waals surface area contributed by atoms with Crippen molar-refractivity contribution in [2.45, 2.75) is 26.3 Å². The number of nitro benzene ring substituents is 1. The molecule has 94 valence electrons. The van der Waals surface area contributed by atoms with Crippen LogP contribution < -0.4 is 11.1 Å². The van der Waals surface area contributed by atoms with E-state index in [0.29, 0.717) is 12.1 Å². The normalized spacial score (nSPS) is 11.4. The summed E-state index contributed by atoms with van der Waals surface area (Å²) in [6, 6.07) is 2.34. The van der Waals surface area contributed by atoms with Gasteiger partial charge in [-0.3, -0.25) is 10.1 Å². The second-order valence-electron chi connectivity index (χ2n) is 4.59. The predicted octanol–water partition coefficient (Wildman–Crippen LogP) is 2.19. The number of nitrogens with two attached hydrogens (primary N) is 1. The van der Waals surface area contributed by atoms with Gasteiger partial charge in [0.1, 0.15) is 11.5 Å². The van der Waals surface area contributed by atoms with Gasteiger partial charge in [-0.1, -0.05) is 0 Å². The van der Waals surface area contributed by atoms with Crippen molar-refractivity contribution < 1.29 is 9.31 Å². The number of rotatable bonds is 4. The van der Waals surface area contributed by atoms with E-state index in [1.807, 2.05) is 13.8 Å². The predicted molar refractivity (Wildman–Crippen MR) is 64.5 cm³/mol. The van der Waals surface area contributed by atoms with Crippen LogP contribution in [0.15, 0.2) is 12.1 Å². The SMILES string of the molecule is Cc1cc(NC(C)(C)CN)c([N+](=O)[O-])cc1F. The summed E-state index contributed by atoms with van der Waals surface area (Å²) < 4.78 is 13.3. The minimum Gasteiger partial charge on any atom is -0.373 e. The lowest BCUT2D eigenvalue weighted by molar-refractivity contribution is -0.384. The summed E-state index contributed by atoms with van der Waals surface area (Å²) in [6.07, 6.45) is 0. The molecule has 0 amide bonds. The number of aryl methyl sites for hydroxylation is 1. The average Bonchev–Trinajstić information content (AvgIpc) is 2.22. The second kappa shape index (κ2) is 4.67. The van der Waals surface area contributed by atoms with Crippen molar-refractivity contribution in [3.8, 4) is 0 Å². The number of hydrogen-bond donors (Lipinski definition) is 2. The molecule has 0 aliphatic rings. The zero-order chi connectivity index (χ0) is 13.2. The number of halogens is 1. The molecule has 3 N–H and O–H groups in total. The topological polar surface area (TPSA) is 81.2 Å². The third-order valence-electron chi connectivity index (χ3n) is 2.46. The first-order chi connectivity index (χ1) is 7.76. The largest absolute Gasteiger partial charge is 0.373 e. The van der Waals surface area contributed by atoms with Crippen LogP contribution in [0.2, 0.25) is 0 Å². The lowest BCUT2D eigenvalue weighted by atomic mass is 10.0. The molecular formula is C11H16FN3O2. The van der Waals surface area contributed by atoms with Gasteiger partial charge >= 0.3 is 0 Å². The molecule has 0 bridgehead atoms. The molecule has 0 radical (unpaired) electrons. The molecule has 6 heteroatoms. The number of nitrogens with zero attached hydrogens (tertiary/aromatic N) is 1. The highest BCUT2D eigenvalue weighted by molar-refractivity contribution is 5.64. The zero-order valence-corrected chi connectivity index (χ0v) is 10.1. The Morgan fingerprint density at radius 3 is 2.59 bits per heavy atom. The standard InChI is InChI=1S/C11H16FN3O2/c1-7-4-9(14-11(2,3)6-13)10(15(16)17)5-8(7)12/h4-5,14H,6,13H2,1-3H3. The Kier molecular flexibility index (Phi) is 3.67. The van der Waals surface area contributed by atoms with E-state index in [0.717, 1.165) is 6.07 Å². The molecule has 0 spiro atoms. The molecule has 0 unspecified atom stereocenters. The van der Waals surface area contributed by atoms with Gasteiger partial charge in [0.2, 0.25) is 0 Å². The molecule has 0 aliphatic carbocycles. The number of anilines is 1. The fourth-order valence-corrected chi connectivity index (χ4v) is 1.34. The van der Waals surface area contributed by atoms with E-state index in [9.17, 15) is 14.5 Å². The number of hydrogen-bond acceptors (Lipinski definition) is 4. The van der Waals surface area contributed by atoms with Gasteiger partial charge in [-0.15, -0.1) is 0 Å². The van der Waals surface area contributed by atoms with E-state index in [1.54, 1.807) is 6.92 Å². The Balaban J connectivity index is 3.22. The summed E-state index contributed by atoms with van der Waals surface area (Å²) in [5.74, 6) is -0.590. The van der Waals surface area contributed by atoms with E-state index in [1.165, 1.54) is 6.07 Å². The molecule has 0 heterocycles. The Labute approximate surface area is 99.0 Å². The molecule has 1 aromatic rings. The Bertz CT molecular complexity index is 447. The molecule has 0 atom stereocenters. The highest BCUT2D eigenvalue weighted by atomic mass is 19.1. The summed E-state index contributed by atoms with van der Waals surface area (Å²) in [6.45, 7) is 5.49. The maximum atomic E-state index is 13.3. The molecule has 17 heavy (non-hydrogen) atoms. The highest BCUT2D eigenvalue weighted by Crippen LogP contribution is 2.29. The van der Waals surface area contributed by atoms with E-state index in [-0.39, 0.29) is 11.4 Å². The van der Waals surface area contributed by atoms with Crippen molar-refractivity contribution in [3.05, 3.63) is 33.6 Å². The Morgan fingerprint density at radius 1 is 1.53 bits per heavy atom. The van der Waals surface area contributed by atoms with Crippen molar-refractivity contribution in [1.82, 2.24) is 0 Å². The van der Waals surface area contributed by atoms with Crippen LogP contribution in [0.5, 0.6) is 0 Å². The van der Waals surface area contributed by atoms with Crippen LogP contribution in [0.4, 0.5) is 15.8 Å². The van der Waals surface area contributed by atoms with Crippen molar-refractivity contribution in [3.63, 3.8) is 0 Å². The molecule has 1 rings (SSSR count). The molecule has 1 aromatic carbocycles. The van der Waals surface area contributed by atoms with Crippen LogP contribution in [-0.4, -0.2) is 17.0 Å². The maximum absolute atomic E-state index is 13.3. The van der Waals surface area contributed by atoms with Crippen LogP contribution in [0, 0.1) is 22.9 Å². The molecule has 0 fully saturated rings. The van der Waals surface area contributed by atoms with Crippen molar-refractivity contribution in [1.29, 1.82) is 0 Å². The Hall–Kier alpha value is -1.69. The van der Waals surface area contributed by atoms with Crippen molar-refractivity contribution >= 4 is 11.4 Å². The summed E-state index contributed by atoms with van der Waals surface area (Å²) in [5.41, 5.74) is 5.40. The second-order valence-corrected chi connectivity index (χ2v) is 4.59. The van der Waals surface area contributed by atoms with Crippen LogP contribution in [0.1, 0.15) is 19.4 Å². The van der Waals surface area contributed by atoms with E-state index >= 15 is 0 Å². The summed E-state index contributed by atoms with van der Waals surface area (Å²) in [7, 11) is 0. The van der Waals surface area contributed by atoms with Gasteiger partial charge in [-0.2, -0.15) is 0 Å². The van der Waals surface area contributed by atoms with Crippen molar-refractivity contribution in [2.75, 3.05) is 11.9 Å². The fraction of sp³-hybridized carbons (Fsp3) is 0.455. The van der Waals surface area contributed by atoms with Crippen LogP contribution in [0.25, 0.3) is 0 Å². The van der Waals surface area contributed by atoms with Crippen LogP contribution >= 0.6 is 0 Å². The zero-order valence-electron chi connectivity index (χ0n) is 10.1. The van der Waals surface area contributed by atoms with Gasteiger partial charge in [0.15, 0.2) is 0 Å². The van der Waals surface area contributed by atoms with E-state index < -0.39 is 16.3 Å². The van der Waals surface area contributed by atoms with Crippen LogP contribution in [-0.2, 0) is 0 Å². The van der Waals surface area contributed by atoms with Gasteiger partial charge in [0.25, 0.3) is 5.69 Å². The third-order valence-corrected chi connectivity index (χ3v) is 2.46. The first kappa shape index (κ1) is 13.4. The Morgan fingerprint density at radius 2 is 2.12 bits per heavy atom. The lowest BCUT2D eigenvalue weighted by Crippen LogP contribution is -2.39. The molecule has 0 aliphatic heterocycles. The first-order valence-corrected chi connectivity index (χ1v) is 5.19. The molecule has 0 saturated carbocycles. The smallest absolute Gasteiger partial charge is 0.295 e. The maximum Gasteiger partial charge on any atom is 0.295 e. The summed E-state index contributed by atoms with van der Waals surface area (Å²) in [4.78, 5) is 10.2. The van der Waals surface area contributed by atoms with Gasteiger partial charge < -0.3 is 11.1 Å². The van der Waals surface area contributed by atoms with E-state index in [4.69, 9.17) is 5.73 Å². The van der Waals surface area contributed by atoms with Gasteiger partial charge in [0.05, 0.1) is 11.0 Å². The average molecular weight is 241 g/mol. The van der Waals surface area contributed by atoms with Crippen LogP contribution in [0.3, 0.4) is 0 Å².